The molecule has 2 atom stereocenters. The third kappa shape index (κ3) is 4.87. The maximum atomic E-state index is 11.7. The first-order valence-corrected chi connectivity index (χ1v) is 8.90. The number of rotatable bonds is 6. The maximum absolute atomic E-state index is 11.7. The Hall–Kier alpha value is -0.723. The standard InChI is InChI=1S/C12H24O5Si/c1-8(9(13)7-10(14)11(15)16)17-18(5,6)12(2,3)4/h8,10,14H,7H2,1-6H3,(H,15,16)/t8-,10-/m0/s1. The van der Waals surface area contributed by atoms with E-state index in [9.17, 15) is 9.59 Å². The summed E-state index contributed by atoms with van der Waals surface area (Å²) in [6.45, 7) is 11.8. The van der Waals surface area contributed by atoms with Gasteiger partial charge in [-0.25, -0.2) is 4.79 Å². The number of carboxylic acid groups (broad SMARTS) is 1. The first kappa shape index (κ1) is 17.3. The minimum atomic E-state index is -2.06. The van der Waals surface area contributed by atoms with Crippen LogP contribution in [-0.2, 0) is 14.0 Å². The second-order valence-electron chi connectivity index (χ2n) is 6.04. The van der Waals surface area contributed by atoms with Crippen LogP contribution in [-0.4, -0.2) is 42.5 Å². The van der Waals surface area contributed by atoms with Gasteiger partial charge in [0.15, 0.2) is 20.2 Å². The van der Waals surface area contributed by atoms with Crippen molar-refractivity contribution < 1.29 is 24.2 Å². The lowest BCUT2D eigenvalue weighted by atomic mass is 10.1. The number of hydrogen-bond acceptors (Lipinski definition) is 4. The summed E-state index contributed by atoms with van der Waals surface area (Å²) >= 11 is 0. The zero-order valence-corrected chi connectivity index (χ0v) is 13.0. The van der Waals surface area contributed by atoms with Gasteiger partial charge in [0.25, 0.3) is 0 Å². The summed E-state index contributed by atoms with van der Waals surface area (Å²) < 4.78 is 5.83. The Kier molecular flexibility index (Phi) is 5.71. The van der Waals surface area contributed by atoms with Crippen molar-refractivity contribution in [3.05, 3.63) is 0 Å². The van der Waals surface area contributed by atoms with Crippen molar-refractivity contribution in [3.63, 3.8) is 0 Å². The number of ketones is 1. The van der Waals surface area contributed by atoms with Gasteiger partial charge in [-0.2, -0.15) is 0 Å². The Bertz CT molecular complexity index is 319. The quantitative estimate of drug-likeness (QED) is 0.723. The first-order valence-electron chi connectivity index (χ1n) is 6.00. The number of aliphatic carboxylic acids is 1. The molecule has 0 aliphatic rings. The molecule has 0 aromatic carbocycles. The number of carboxylic acids is 1. The molecule has 0 saturated heterocycles. The smallest absolute Gasteiger partial charge is 0.332 e. The molecule has 5 nitrogen and oxygen atoms in total. The molecule has 0 aliphatic heterocycles. The van der Waals surface area contributed by atoms with Crippen LogP contribution in [0.1, 0.15) is 34.1 Å². The minimum Gasteiger partial charge on any atom is -0.479 e. The lowest BCUT2D eigenvalue weighted by Crippen LogP contribution is -2.45. The monoisotopic (exact) mass is 276 g/mol. The van der Waals surface area contributed by atoms with Crippen LogP contribution in [0, 0.1) is 0 Å². The summed E-state index contributed by atoms with van der Waals surface area (Å²) in [7, 11) is -2.06. The fourth-order valence-corrected chi connectivity index (χ4v) is 2.50. The van der Waals surface area contributed by atoms with Gasteiger partial charge in [0.1, 0.15) is 6.10 Å². The van der Waals surface area contributed by atoms with E-state index in [1.165, 1.54) is 0 Å². The average molecular weight is 276 g/mol. The van der Waals surface area contributed by atoms with Crippen LogP contribution in [0.2, 0.25) is 18.1 Å². The molecule has 2 N–H and O–H groups in total. The van der Waals surface area contributed by atoms with Crippen LogP contribution in [0.3, 0.4) is 0 Å². The summed E-state index contributed by atoms with van der Waals surface area (Å²) in [5, 5.41) is 17.7. The molecule has 0 unspecified atom stereocenters. The molecule has 18 heavy (non-hydrogen) atoms. The summed E-state index contributed by atoms with van der Waals surface area (Å²) in [5.41, 5.74) is 0. The van der Waals surface area contributed by atoms with Gasteiger partial charge in [-0.1, -0.05) is 20.8 Å². The molecule has 6 heteroatoms. The Morgan fingerprint density at radius 1 is 1.28 bits per heavy atom. The van der Waals surface area contributed by atoms with E-state index in [0.717, 1.165) is 0 Å². The van der Waals surface area contributed by atoms with E-state index < -0.39 is 32.9 Å². The van der Waals surface area contributed by atoms with E-state index in [0.29, 0.717) is 0 Å². The summed E-state index contributed by atoms with van der Waals surface area (Å²) in [5.74, 6) is -1.77. The molecule has 0 amide bonds. The molecule has 0 heterocycles. The Balaban J connectivity index is 4.55. The van der Waals surface area contributed by atoms with Crippen molar-refractivity contribution in [2.75, 3.05) is 0 Å². The fourth-order valence-electron chi connectivity index (χ4n) is 1.13. The second kappa shape index (κ2) is 5.95. The largest absolute Gasteiger partial charge is 0.479 e. The predicted octanol–water partition coefficient (Wildman–Crippen LogP) is 1.80. The average Bonchev–Trinajstić information content (AvgIpc) is 2.14. The van der Waals surface area contributed by atoms with Gasteiger partial charge in [-0.05, 0) is 25.1 Å². The molecule has 0 saturated carbocycles. The second-order valence-corrected chi connectivity index (χ2v) is 10.8. The van der Waals surface area contributed by atoms with Crippen LogP contribution in [0.5, 0.6) is 0 Å². The highest BCUT2D eigenvalue weighted by Gasteiger charge is 2.39. The van der Waals surface area contributed by atoms with Crippen LogP contribution >= 0.6 is 0 Å². The normalized spacial score (nSPS) is 16.2. The fraction of sp³-hybridized carbons (Fsp3) is 0.833. The van der Waals surface area contributed by atoms with E-state index in [4.69, 9.17) is 14.6 Å². The minimum absolute atomic E-state index is 0.0209. The highest BCUT2D eigenvalue weighted by Crippen LogP contribution is 2.37. The topological polar surface area (TPSA) is 83.8 Å². The van der Waals surface area contributed by atoms with Crippen molar-refractivity contribution in [3.8, 4) is 0 Å². The number of aliphatic hydroxyl groups is 1. The molecular weight excluding hydrogens is 252 g/mol. The number of carbonyl (C=O) groups is 2. The van der Waals surface area contributed by atoms with Crippen LogP contribution in [0.15, 0.2) is 0 Å². The Morgan fingerprint density at radius 3 is 2.06 bits per heavy atom. The lowest BCUT2D eigenvalue weighted by molar-refractivity contribution is -0.149. The van der Waals surface area contributed by atoms with Gasteiger partial charge in [-0.3, -0.25) is 4.79 Å². The SMILES string of the molecule is C[C@H](O[Si](C)(C)C(C)(C)C)C(=O)C[C@H](O)C(=O)O. The number of carbonyl (C=O) groups excluding carboxylic acids is 1. The van der Waals surface area contributed by atoms with Crippen molar-refractivity contribution in [2.24, 2.45) is 0 Å². The Morgan fingerprint density at radius 2 is 1.72 bits per heavy atom. The summed E-state index contributed by atoms with van der Waals surface area (Å²) in [6.07, 6.45) is -2.74. The zero-order chi connectivity index (χ0) is 14.7. The van der Waals surface area contributed by atoms with E-state index >= 15 is 0 Å². The highest BCUT2D eigenvalue weighted by atomic mass is 28.4. The molecule has 106 valence electrons. The van der Waals surface area contributed by atoms with Gasteiger partial charge in [0.05, 0.1) is 0 Å². The van der Waals surface area contributed by atoms with Crippen molar-refractivity contribution in [1.82, 2.24) is 0 Å². The van der Waals surface area contributed by atoms with Gasteiger partial charge in [-0.15, -0.1) is 0 Å². The van der Waals surface area contributed by atoms with E-state index in [1.54, 1.807) is 6.92 Å². The van der Waals surface area contributed by atoms with Crippen molar-refractivity contribution in [1.29, 1.82) is 0 Å². The Labute approximate surface area is 109 Å². The van der Waals surface area contributed by atoms with E-state index in [2.05, 4.69) is 20.8 Å². The predicted molar refractivity (Wildman–Crippen MR) is 71.0 cm³/mol. The van der Waals surface area contributed by atoms with E-state index in [-0.39, 0.29) is 10.8 Å². The van der Waals surface area contributed by atoms with Crippen LogP contribution in [0.25, 0.3) is 0 Å². The molecule has 0 aromatic heterocycles. The molecule has 0 aromatic rings. The maximum Gasteiger partial charge on any atom is 0.332 e. The highest BCUT2D eigenvalue weighted by molar-refractivity contribution is 6.74. The third-order valence-electron chi connectivity index (χ3n) is 3.41. The molecule has 0 aliphatic carbocycles. The molecular formula is C12H24O5Si. The van der Waals surface area contributed by atoms with Crippen molar-refractivity contribution in [2.45, 2.75) is 64.5 Å². The van der Waals surface area contributed by atoms with Gasteiger partial charge in [0.2, 0.25) is 0 Å². The third-order valence-corrected chi connectivity index (χ3v) is 7.97. The number of Topliss-reactive ketones (excluding diaryl/α,β-unsaturated/α-hetero) is 1. The summed E-state index contributed by atoms with van der Waals surface area (Å²) in [6, 6.07) is 0. The van der Waals surface area contributed by atoms with E-state index in [1.807, 2.05) is 13.1 Å². The van der Waals surface area contributed by atoms with Crippen LogP contribution < -0.4 is 0 Å². The number of aliphatic hydroxyl groups excluding tert-OH is 1. The molecule has 0 bridgehead atoms. The van der Waals surface area contributed by atoms with Crippen molar-refractivity contribution >= 4 is 20.1 Å². The number of hydrogen-bond donors (Lipinski definition) is 2. The molecule has 0 fully saturated rings. The summed E-state index contributed by atoms with van der Waals surface area (Å²) in [4.78, 5) is 22.2. The van der Waals surface area contributed by atoms with Gasteiger partial charge in [0, 0.05) is 6.42 Å². The van der Waals surface area contributed by atoms with Crippen LogP contribution in [0.4, 0.5) is 0 Å². The molecule has 0 spiro atoms. The first-order chi connectivity index (χ1) is 7.88. The molecule has 0 rings (SSSR count). The van der Waals surface area contributed by atoms with Gasteiger partial charge >= 0.3 is 5.97 Å². The lowest BCUT2D eigenvalue weighted by Gasteiger charge is -2.38. The van der Waals surface area contributed by atoms with Gasteiger partial charge < -0.3 is 14.6 Å². The molecule has 0 radical (unpaired) electrons. The zero-order valence-electron chi connectivity index (χ0n) is 12.0.